The second kappa shape index (κ2) is 3.50. The van der Waals surface area contributed by atoms with Gasteiger partial charge in [-0.25, -0.2) is 0 Å². The molecule has 6 heteroatoms. The molecule has 4 nitrogen and oxygen atoms in total. The third-order valence-electron chi connectivity index (χ3n) is 0. The molecule has 0 aliphatic carbocycles. The molecule has 6 heavy (non-hydrogen) atoms. The van der Waals surface area contributed by atoms with Gasteiger partial charge in [0.2, 0.25) is 0 Å². The van der Waals surface area contributed by atoms with Crippen molar-refractivity contribution in [3.63, 3.8) is 0 Å². The molecule has 0 aromatic rings. The van der Waals surface area contributed by atoms with Gasteiger partial charge in [-0.1, -0.05) is 0 Å². The van der Waals surface area contributed by atoms with Crippen molar-refractivity contribution in [1.29, 1.82) is 0 Å². The van der Waals surface area contributed by atoms with Crippen LogP contribution in [0.2, 0.25) is 0 Å². The summed E-state index contributed by atoms with van der Waals surface area (Å²) in [6.07, 6.45) is 0. The van der Waals surface area contributed by atoms with Gasteiger partial charge in [0, 0.05) is 0 Å². The molecule has 0 radical (unpaired) electrons. The van der Waals surface area contributed by atoms with E-state index in [1.54, 1.807) is 0 Å². The van der Waals surface area contributed by atoms with E-state index in [-0.39, 0.29) is 41.7 Å². The van der Waals surface area contributed by atoms with Gasteiger partial charge in [-0.2, -0.15) is 14.0 Å². The molecule has 0 aliphatic heterocycles. The van der Waals surface area contributed by atoms with E-state index in [2.05, 4.69) is 0 Å². The molecule has 0 rings (SSSR count). The Morgan fingerprint density at radius 1 is 1.17 bits per heavy atom. The van der Waals surface area contributed by atoms with Gasteiger partial charge in [-0.15, -0.1) is 0 Å². The standard InChI is InChI=1S/Ce.ClHO4/c;2-1(3,4)5/h;(H,2,3,4,5)/q+4;. The van der Waals surface area contributed by atoms with Crippen molar-refractivity contribution in [2.45, 2.75) is 0 Å². The van der Waals surface area contributed by atoms with Crippen molar-refractivity contribution in [2.24, 2.45) is 0 Å². The van der Waals surface area contributed by atoms with Gasteiger partial charge in [-0.05, 0) is 0 Å². The van der Waals surface area contributed by atoms with Crippen LogP contribution in [0.4, 0.5) is 0 Å². The van der Waals surface area contributed by atoms with Crippen LogP contribution < -0.4 is 14.0 Å². The largest absolute Gasteiger partial charge is 4.00 e. The molecule has 0 amide bonds. The third kappa shape index (κ3) is 49.3. The minimum atomic E-state index is -4.69. The Balaban J connectivity index is 0. The summed E-state index contributed by atoms with van der Waals surface area (Å²) in [4.78, 5) is 0. The Hall–Kier alpha value is 1.51. The summed E-state index contributed by atoms with van der Waals surface area (Å²) in [5, 5.41) is 0. The van der Waals surface area contributed by atoms with Crippen LogP contribution in [-0.4, -0.2) is 4.66 Å². The van der Waals surface area contributed by atoms with Crippen LogP contribution in [0.1, 0.15) is 0 Å². The van der Waals surface area contributed by atoms with E-state index in [0.717, 1.165) is 0 Å². The molecule has 0 aromatic heterocycles. The fourth-order valence-electron chi connectivity index (χ4n) is 0. The van der Waals surface area contributed by atoms with Crippen molar-refractivity contribution in [3.05, 3.63) is 0 Å². The molecule has 0 fully saturated rings. The van der Waals surface area contributed by atoms with Gasteiger partial charge in [-0.3, -0.25) is 0 Å². The summed E-state index contributed by atoms with van der Waals surface area (Å²) in [6.45, 7) is 0. The number of halogens is 1. The average molecular weight is 241 g/mol. The maximum atomic E-state index is 8.60. The molecule has 0 atom stereocenters. The minimum absolute atomic E-state index is 0. The first-order chi connectivity index (χ1) is 2.00. The van der Waals surface area contributed by atoms with Gasteiger partial charge in [0.15, 0.2) is 0 Å². The van der Waals surface area contributed by atoms with E-state index >= 15 is 0 Å². The van der Waals surface area contributed by atoms with Gasteiger partial charge >= 0.3 is 41.7 Å². The molecular weight excluding hydrogens is 240 g/mol. The van der Waals surface area contributed by atoms with Crippen LogP contribution in [0.15, 0.2) is 0 Å². The number of rotatable bonds is 0. The summed E-state index contributed by atoms with van der Waals surface area (Å²) in [5.41, 5.74) is 0. The van der Waals surface area contributed by atoms with E-state index < -0.39 is 10.2 Å². The monoisotopic (exact) mass is 240 g/mol. The zero-order valence-corrected chi connectivity index (χ0v) is 6.45. The Morgan fingerprint density at radius 2 is 1.17 bits per heavy atom. The molecule has 0 aliphatic rings. The SMILES string of the molecule is [Ce+4].[O-][Cl+3]([O-])([O-])O. The smallest absolute Gasteiger partial charge is 0.183 e. The molecule has 1 N–H and O–H groups in total. The van der Waals surface area contributed by atoms with E-state index in [4.69, 9.17) is 18.6 Å². The molecule has 0 saturated heterocycles. The Morgan fingerprint density at radius 3 is 1.17 bits per heavy atom. The quantitative estimate of drug-likeness (QED) is 0.466. The summed E-state index contributed by atoms with van der Waals surface area (Å²) < 4.78 is 32.7. The molecule has 0 saturated carbocycles. The topological polar surface area (TPSA) is 89.4 Å². The van der Waals surface area contributed by atoms with Crippen LogP contribution in [0.25, 0.3) is 0 Å². The zero-order valence-electron chi connectivity index (χ0n) is 2.55. The average Bonchev–Trinajstić information content (AvgIpc) is 0.722. The summed E-state index contributed by atoms with van der Waals surface area (Å²) >= 11 is 0. The summed E-state index contributed by atoms with van der Waals surface area (Å²) in [7, 11) is -4.69. The molecule has 0 bridgehead atoms. The Kier molecular flexibility index (Phi) is 6.12. The Labute approximate surface area is 69.9 Å². The molecule has 0 unspecified atom stereocenters. The first kappa shape index (κ1) is 10.5. The fourth-order valence-corrected chi connectivity index (χ4v) is 0. The van der Waals surface area contributed by atoms with Gasteiger partial charge in [0.05, 0.1) is 14.9 Å². The minimum Gasteiger partial charge on any atom is -0.183 e. The number of hydrogen-bond acceptors (Lipinski definition) is 4. The Bertz CT molecular complexity index is 23.0. The molecule has 0 aromatic carbocycles. The van der Waals surface area contributed by atoms with E-state index in [0.29, 0.717) is 0 Å². The van der Waals surface area contributed by atoms with Gasteiger partial charge in [0.25, 0.3) is 0 Å². The van der Waals surface area contributed by atoms with Crippen LogP contribution >= 0.6 is 0 Å². The summed E-state index contributed by atoms with van der Waals surface area (Å²) in [5.74, 6) is 0. The molecule has 0 spiro atoms. The number of hydrogen-bond donors (Lipinski definition) is 1. The maximum absolute atomic E-state index is 8.60. The predicted molar refractivity (Wildman–Crippen MR) is 2.22 cm³/mol. The zero-order chi connectivity index (χ0) is 4.50. The van der Waals surface area contributed by atoms with Crippen molar-refractivity contribution >= 4 is 0 Å². The predicted octanol–water partition coefficient (Wildman–Crippen LogP) is -4.12. The second-order valence-electron chi connectivity index (χ2n) is 0.396. The van der Waals surface area contributed by atoms with Crippen molar-refractivity contribution in [3.8, 4) is 0 Å². The fraction of sp³-hybridized carbons (Fsp3) is 0. The van der Waals surface area contributed by atoms with E-state index in [9.17, 15) is 0 Å². The van der Waals surface area contributed by atoms with Crippen molar-refractivity contribution < 1.29 is 70.6 Å². The normalized spacial score (nSPS) is 10.0. The first-order valence-corrected chi connectivity index (χ1v) is 1.90. The van der Waals surface area contributed by atoms with Crippen molar-refractivity contribution in [1.82, 2.24) is 0 Å². The van der Waals surface area contributed by atoms with Gasteiger partial charge in [0.1, 0.15) is 0 Å². The molecular formula is HCeClO4+4. The van der Waals surface area contributed by atoms with Crippen LogP contribution in [0.5, 0.6) is 0 Å². The van der Waals surface area contributed by atoms with E-state index in [1.807, 2.05) is 0 Å². The van der Waals surface area contributed by atoms with Crippen LogP contribution in [0, 0.1) is 52.0 Å². The van der Waals surface area contributed by atoms with Crippen molar-refractivity contribution in [2.75, 3.05) is 0 Å². The van der Waals surface area contributed by atoms with Crippen LogP contribution in [-0.2, 0) is 0 Å². The summed E-state index contributed by atoms with van der Waals surface area (Å²) in [6, 6.07) is 0. The second-order valence-corrected chi connectivity index (χ2v) is 1.19. The first-order valence-electron chi connectivity index (χ1n) is 0.632. The molecule has 32 valence electrons. The molecule has 0 heterocycles. The van der Waals surface area contributed by atoms with Gasteiger partial charge < -0.3 is 0 Å². The van der Waals surface area contributed by atoms with Crippen LogP contribution in [0.3, 0.4) is 0 Å². The maximum Gasteiger partial charge on any atom is 4.00 e. The third-order valence-corrected chi connectivity index (χ3v) is 0. The van der Waals surface area contributed by atoms with E-state index in [1.165, 1.54) is 0 Å².